The van der Waals surface area contributed by atoms with Crippen LogP contribution in [0.15, 0.2) is 73.1 Å². The Hall–Kier alpha value is -3.38. The largest absolute Gasteiger partial charge is 0.490 e. The van der Waals surface area contributed by atoms with E-state index in [4.69, 9.17) is 15.2 Å². The molecule has 3 N–H and O–H groups in total. The molecule has 0 unspecified atom stereocenters. The minimum absolute atomic E-state index is 0.203. The molecule has 1 aromatic heterocycles. The molecule has 1 amide bonds. The highest BCUT2D eigenvalue weighted by Crippen LogP contribution is 2.18. The number of ether oxygens (including phenoxy) is 2. The van der Waals surface area contributed by atoms with Crippen molar-refractivity contribution in [1.29, 1.82) is 0 Å². The van der Waals surface area contributed by atoms with Crippen LogP contribution < -0.4 is 15.8 Å². The van der Waals surface area contributed by atoms with E-state index in [9.17, 15) is 4.79 Å². The van der Waals surface area contributed by atoms with Gasteiger partial charge >= 0.3 is 0 Å². The van der Waals surface area contributed by atoms with Crippen molar-refractivity contribution in [1.82, 2.24) is 4.98 Å². The summed E-state index contributed by atoms with van der Waals surface area (Å²) in [6.45, 7) is 1.36. The maximum absolute atomic E-state index is 12.3. The zero-order chi connectivity index (χ0) is 18.9. The smallest absolute Gasteiger partial charge is 0.255 e. The Morgan fingerprint density at radius 3 is 2.56 bits per heavy atom. The summed E-state index contributed by atoms with van der Waals surface area (Å²) in [7, 11) is 0. The molecule has 6 nitrogen and oxygen atoms in total. The summed E-state index contributed by atoms with van der Waals surface area (Å²) >= 11 is 0. The van der Waals surface area contributed by atoms with Crippen molar-refractivity contribution in [3.05, 3.63) is 84.2 Å². The molecular formula is C21H21N3O3. The fourth-order valence-corrected chi connectivity index (χ4v) is 2.40. The first-order valence-corrected chi connectivity index (χ1v) is 8.58. The number of para-hydroxylation sites is 2. The van der Waals surface area contributed by atoms with Gasteiger partial charge in [0.15, 0.2) is 0 Å². The van der Waals surface area contributed by atoms with E-state index in [2.05, 4.69) is 10.3 Å². The number of nitrogens with two attached hydrogens (primary N) is 1. The molecule has 0 bridgehead atoms. The van der Waals surface area contributed by atoms with Crippen LogP contribution in [-0.2, 0) is 11.3 Å². The normalized spacial score (nSPS) is 10.4. The molecule has 0 saturated heterocycles. The third-order valence-electron chi connectivity index (χ3n) is 3.82. The number of hydrogen-bond acceptors (Lipinski definition) is 5. The van der Waals surface area contributed by atoms with E-state index < -0.39 is 0 Å². The van der Waals surface area contributed by atoms with Crippen molar-refractivity contribution >= 4 is 17.3 Å². The van der Waals surface area contributed by atoms with E-state index in [1.807, 2.05) is 36.4 Å². The fraction of sp³-hybridized carbons (Fsp3) is 0.143. The van der Waals surface area contributed by atoms with Crippen LogP contribution in [0.2, 0.25) is 0 Å². The second-order valence-electron chi connectivity index (χ2n) is 5.83. The summed E-state index contributed by atoms with van der Waals surface area (Å²) in [5.41, 5.74) is 8.51. The molecule has 0 atom stereocenters. The Balaban J connectivity index is 1.43. The summed E-state index contributed by atoms with van der Waals surface area (Å²) in [5.74, 6) is 0.515. The molecule has 0 spiro atoms. The second-order valence-corrected chi connectivity index (χ2v) is 5.83. The zero-order valence-corrected chi connectivity index (χ0v) is 14.8. The van der Waals surface area contributed by atoms with E-state index in [-0.39, 0.29) is 5.91 Å². The van der Waals surface area contributed by atoms with Gasteiger partial charge in [0.2, 0.25) is 0 Å². The first-order chi connectivity index (χ1) is 13.2. The Morgan fingerprint density at radius 1 is 1.00 bits per heavy atom. The van der Waals surface area contributed by atoms with Crippen molar-refractivity contribution in [3.63, 3.8) is 0 Å². The molecule has 1 heterocycles. The van der Waals surface area contributed by atoms with Gasteiger partial charge in [0.25, 0.3) is 5.91 Å². The lowest BCUT2D eigenvalue weighted by molar-refractivity contribution is 0.0887. The molecule has 2 aromatic carbocycles. The number of pyridine rings is 1. The van der Waals surface area contributed by atoms with E-state index in [0.29, 0.717) is 36.8 Å². The first kappa shape index (κ1) is 18.4. The van der Waals surface area contributed by atoms with E-state index >= 15 is 0 Å². The number of nitrogen functional groups attached to an aromatic ring is 1. The zero-order valence-electron chi connectivity index (χ0n) is 14.8. The highest BCUT2D eigenvalue weighted by molar-refractivity contribution is 6.05. The molecule has 0 saturated carbocycles. The SMILES string of the molecule is Nc1ccccc1NC(=O)c1ccc(COCCOc2cccnc2)cc1. The van der Waals surface area contributed by atoms with Crippen molar-refractivity contribution in [2.24, 2.45) is 0 Å². The van der Waals surface area contributed by atoms with E-state index in [1.54, 1.807) is 36.7 Å². The molecule has 27 heavy (non-hydrogen) atoms. The topological polar surface area (TPSA) is 86.5 Å². The molecular weight excluding hydrogens is 342 g/mol. The molecule has 138 valence electrons. The van der Waals surface area contributed by atoms with Crippen LogP contribution in [0.25, 0.3) is 0 Å². The van der Waals surface area contributed by atoms with Gasteiger partial charge < -0.3 is 20.5 Å². The minimum atomic E-state index is -0.203. The Labute approximate surface area is 158 Å². The molecule has 0 aliphatic carbocycles. The molecule has 0 aliphatic heterocycles. The molecule has 0 aliphatic rings. The number of anilines is 2. The van der Waals surface area contributed by atoms with Gasteiger partial charge in [-0.3, -0.25) is 9.78 Å². The van der Waals surface area contributed by atoms with Crippen LogP contribution in [0.3, 0.4) is 0 Å². The Bertz CT molecular complexity index is 867. The second kappa shape index (κ2) is 9.35. The van der Waals surface area contributed by atoms with Crippen LogP contribution in [0.5, 0.6) is 5.75 Å². The lowest BCUT2D eigenvalue weighted by Gasteiger charge is -2.09. The van der Waals surface area contributed by atoms with Gasteiger partial charge in [0, 0.05) is 11.8 Å². The van der Waals surface area contributed by atoms with Gasteiger partial charge in [-0.05, 0) is 42.0 Å². The number of carbonyl (C=O) groups excluding carboxylic acids is 1. The van der Waals surface area contributed by atoms with Crippen molar-refractivity contribution < 1.29 is 14.3 Å². The average Bonchev–Trinajstić information content (AvgIpc) is 2.71. The van der Waals surface area contributed by atoms with Crippen LogP contribution in [-0.4, -0.2) is 24.1 Å². The summed E-state index contributed by atoms with van der Waals surface area (Å²) in [6, 6.07) is 18.1. The first-order valence-electron chi connectivity index (χ1n) is 8.58. The van der Waals surface area contributed by atoms with Gasteiger partial charge in [0.05, 0.1) is 30.8 Å². The van der Waals surface area contributed by atoms with E-state index in [0.717, 1.165) is 11.3 Å². The number of benzene rings is 2. The number of aromatic nitrogens is 1. The standard InChI is InChI=1S/C21H21N3O3/c22-19-5-1-2-6-20(19)24-21(25)17-9-7-16(8-10-17)15-26-12-13-27-18-4-3-11-23-14-18/h1-11,14H,12-13,15,22H2,(H,24,25). The van der Waals surface area contributed by atoms with Gasteiger partial charge in [0.1, 0.15) is 12.4 Å². The molecule has 6 heteroatoms. The summed E-state index contributed by atoms with van der Waals surface area (Å²) < 4.78 is 11.1. The minimum Gasteiger partial charge on any atom is -0.490 e. The number of carbonyl (C=O) groups is 1. The number of nitrogens with one attached hydrogen (secondary N) is 1. The van der Waals surface area contributed by atoms with Crippen molar-refractivity contribution in [3.8, 4) is 5.75 Å². The third kappa shape index (κ3) is 5.55. The maximum atomic E-state index is 12.3. The predicted octanol–water partition coefficient (Wildman–Crippen LogP) is 3.51. The lowest BCUT2D eigenvalue weighted by Crippen LogP contribution is -2.13. The number of hydrogen-bond donors (Lipinski definition) is 2. The van der Waals surface area contributed by atoms with Gasteiger partial charge in [-0.25, -0.2) is 0 Å². The van der Waals surface area contributed by atoms with E-state index in [1.165, 1.54) is 0 Å². The van der Waals surface area contributed by atoms with Crippen LogP contribution in [0, 0.1) is 0 Å². The van der Waals surface area contributed by atoms with Crippen molar-refractivity contribution in [2.75, 3.05) is 24.3 Å². The van der Waals surface area contributed by atoms with Crippen LogP contribution in [0.4, 0.5) is 11.4 Å². The Morgan fingerprint density at radius 2 is 1.81 bits per heavy atom. The summed E-state index contributed by atoms with van der Waals surface area (Å²) in [5, 5.41) is 2.80. The number of nitrogens with zero attached hydrogens (tertiary/aromatic N) is 1. The summed E-state index contributed by atoms with van der Waals surface area (Å²) in [4.78, 5) is 16.3. The molecule has 3 rings (SSSR count). The predicted molar refractivity (Wildman–Crippen MR) is 105 cm³/mol. The van der Waals surface area contributed by atoms with Gasteiger partial charge in [-0.15, -0.1) is 0 Å². The monoisotopic (exact) mass is 363 g/mol. The van der Waals surface area contributed by atoms with Gasteiger partial charge in [-0.1, -0.05) is 24.3 Å². The highest BCUT2D eigenvalue weighted by Gasteiger charge is 2.07. The van der Waals surface area contributed by atoms with Crippen LogP contribution >= 0.6 is 0 Å². The molecule has 0 radical (unpaired) electrons. The highest BCUT2D eigenvalue weighted by atomic mass is 16.5. The summed E-state index contributed by atoms with van der Waals surface area (Å²) in [6.07, 6.45) is 3.36. The third-order valence-corrected chi connectivity index (χ3v) is 3.82. The van der Waals surface area contributed by atoms with Crippen molar-refractivity contribution in [2.45, 2.75) is 6.61 Å². The molecule has 3 aromatic rings. The number of rotatable bonds is 8. The molecule has 0 fully saturated rings. The van der Waals surface area contributed by atoms with Gasteiger partial charge in [-0.2, -0.15) is 0 Å². The quantitative estimate of drug-likeness (QED) is 0.472. The number of amides is 1. The average molecular weight is 363 g/mol. The fourth-order valence-electron chi connectivity index (χ4n) is 2.40. The van der Waals surface area contributed by atoms with Crippen LogP contribution in [0.1, 0.15) is 15.9 Å². The maximum Gasteiger partial charge on any atom is 0.255 e. The Kier molecular flexibility index (Phi) is 6.38. The lowest BCUT2D eigenvalue weighted by atomic mass is 10.1.